The van der Waals surface area contributed by atoms with E-state index in [0.29, 0.717) is 34.4 Å². The molecule has 0 saturated carbocycles. The van der Waals surface area contributed by atoms with Crippen LogP contribution in [0.5, 0.6) is 0 Å². The van der Waals surface area contributed by atoms with Crippen molar-refractivity contribution in [2.75, 3.05) is 0 Å². The van der Waals surface area contributed by atoms with E-state index >= 15 is 0 Å². The first-order chi connectivity index (χ1) is 12.9. The molecule has 0 aliphatic heterocycles. The monoisotopic (exact) mass is 366 g/mol. The zero-order chi connectivity index (χ0) is 19.7. The number of carboxylic acid groups (broad SMARTS) is 1. The Bertz CT molecular complexity index is 1080. The third-order valence-electron chi connectivity index (χ3n) is 4.58. The van der Waals surface area contributed by atoms with Crippen molar-refractivity contribution in [2.24, 2.45) is 7.05 Å². The summed E-state index contributed by atoms with van der Waals surface area (Å²) in [4.78, 5) is 11.8. The highest BCUT2D eigenvalue weighted by molar-refractivity contribution is 5.97. The van der Waals surface area contributed by atoms with Crippen molar-refractivity contribution < 1.29 is 18.7 Å². The molecule has 0 unspecified atom stereocenters. The van der Waals surface area contributed by atoms with Gasteiger partial charge in [-0.05, 0) is 29.7 Å². The number of hydrogen-bond donors (Lipinski definition) is 1. The molecule has 0 aliphatic carbocycles. The molecule has 6 heteroatoms. The molecule has 1 heterocycles. The molecule has 2 aromatic carbocycles. The van der Waals surface area contributed by atoms with Crippen molar-refractivity contribution in [3.05, 3.63) is 71.1 Å². The lowest BCUT2D eigenvalue weighted by Crippen LogP contribution is -2.07. The van der Waals surface area contributed by atoms with Crippen LogP contribution in [-0.2, 0) is 13.5 Å². The Balaban J connectivity index is 2.16. The molecular weight excluding hydrogens is 350 g/mol. The molecule has 1 aromatic heterocycles. The first-order valence-corrected chi connectivity index (χ1v) is 8.29. The fraction of sp³-hybridized carbons (Fsp3) is 0.143. The highest BCUT2D eigenvalue weighted by atomic mass is 19.1. The number of hydrogen-bond acceptors (Lipinski definition) is 2. The highest BCUT2D eigenvalue weighted by Crippen LogP contribution is 2.34. The molecular formula is C21H16F2N2O2. The molecule has 0 aliphatic rings. The number of aromatic carboxylic acids is 1. The third kappa shape index (κ3) is 3.08. The van der Waals surface area contributed by atoms with Crippen LogP contribution >= 0.6 is 0 Å². The quantitative estimate of drug-likeness (QED) is 0.723. The van der Waals surface area contributed by atoms with Crippen LogP contribution in [0.3, 0.4) is 0 Å². The van der Waals surface area contributed by atoms with Crippen LogP contribution in [0.2, 0.25) is 0 Å². The maximum atomic E-state index is 14.0. The van der Waals surface area contributed by atoms with Crippen molar-refractivity contribution >= 4 is 5.97 Å². The first kappa shape index (κ1) is 18.3. The average Bonchev–Trinajstić information content (AvgIpc) is 2.93. The third-order valence-corrected chi connectivity index (χ3v) is 4.58. The van der Waals surface area contributed by atoms with Crippen LogP contribution in [0.15, 0.2) is 42.5 Å². The molecule has 4 nitrogen and oxygen atoms in total. The minimum absolute atomic E-state index is 0.0316. The molecule has 0 saturated heterocycles. The molecule has 3 aromatic rings. The second kappa shape index (κ2) is 7.04. The lowest BCUT2D eigenvalue weighted by atomic mass is 9.97. The Kier molecular flexibility index (Phi) is 4.78. The van der Waals surface area contributed by atoms with Gasteiger partial charge in [-0.2, -0.15) is 5.26 Å². The molecule has 27 heavy (non-hydrogen) atoms. The van der Waals surface area contributed by atoms with Gasteiger partial charge in [0, 0.05) is 29.9 Å². The summed E-state index contributed by atoms with van der Waals surface area (Å²) in [7, 11) is 1.62. The molecule has 1 N–H and O–H groups in total. The Morgan fingerprint density at radius 2 is 1.78 bits per heavy atom. The van der Waals surface area contributed by atoms with Gasteiger partial charge in [0.15, 0.2) is 0 Å². The number of rotatable bonds is 4. The summed E-state index contributed by atoms with van der Waals surface area (Å²) >= 11 is 0. The van der Waals surface area contributed by atoms with Crippen LogP contribution < -0.4 is 0 Å². The highest BCUT2D eigenvalue weighted by Gasteiger charge is 2.25. The number of benzene rings is 2. The number of halogens is 2. The summed E-state index contributed by atoms with van der Waals surface area (Å²) in [5.74, 6) is -2.47. The molecule has 136 valence electrons. The van der Waals surface area contributed by atoms with Gasteiger partial charge in [0.25, 0.3) is 0 Å². The summed E-state index contributed by atoms with van der Waals surface area (Å²) in [6.45, 7) is 1.85. The van der Waals surface area contributed by atoms with Gasteiger partial charge in [-0.25, -0.2) is 13.6 Å². The van der Waals surface area contributed by atoms with Gasteiger partial charge >= 0.3 is 5.97 Å². The van der Waals surface area contributed by atoms with E-state index in [1.165, 1.54) is 16.7 Å². The summed E-state index contributed by atoms with van der Waals surface area (Å²) in [5.41, 5.74) is 2.64. The largest absolute Gasteiger partial charge is 0.477 e. The van der Waals surface area contributed by atoms with Crippen LogP contribution in [0.4, 0.5) is 8.78 Å². The number of carbonyl (C=O) groups is 1. The summed E-state index contributed by atoms with van der Waals surface area (Å²) in [5, 5.41) is 19.2. The van der Waals surface area contributed by atoms with Gasteiger partial charge in [0.05, 0.1) is 5.56 Å². The standard InChI is InChI=1S/C21H16F2N2O2/c1-3-18-16(11-24)19(20(21(26)27)25(18)2)13-6-4-12(5-7-13)15-9-8-14(22)10-17(15)23/h4-10H,3H2,1-2H3,(H,26,27). The maximum Gasteiger partial charge on any atom is 0.353 e. The van der Waals surface area contributed by atoms with Gasteiger partial charge < -0.3 is 9.67 Å². The fourth-order valence-electron chi connectivity index (χ4n) is 3.34. The predicted octanol–water partition coefficient (Wildman–Crippen LogP) is 4.77. The SMILES string of the molecule is CCc1c(C#N)c(-c2ccc(-c3ccc(F)cc3F)cc2)c(C(=O)O)n1C. The average molecular weight is 366 g/mol. The van der Waals surface area contributed by atoms with Crippen LogP contribution in [-0.4, -0.2) is 15.6 Å². The number of aromatic nitrogens is 1. The van der Waals surface area contributed by atoms with Crippen molar-refractivity contribution in [3.63, 3.8) is 0 Å². The second-order valence-corrected chi connectivity index (χ2v) is 6.08. The normalized spacial score (nSPS) is 10.6. The van der Waals surface area contributed by atoms with Gasteiger partial charge in [0.2, 0.25) is 0 Å². The Morgan fingerprint density at radius 3 is 2.30 bits per heavy atom. The zero-order valence-corrected chi connectivity index (χ0v) is 14.8. The smallest absolute Gasteiger partial charge is 0.353 e. The van der Waals surface area contributed by atoms with Crippen molar-refractivity contribution in [1.29, 1.82) is 5.26 Å². The maximum absolute atomic E-state index is 14.0. The van der Waals surface area contributed by atoms with Gasteiger partial charge in [-0.1, -0.05) is 31.2 Å². The van der Waals surface area contributed by atoms with Crippen LogP contribution in [0.25, 0.3) is 22.3 Å². The second-order valence-electron chi connectivity index (χ2n) is 6.08. The van der Waals surface area contributed by atoms with E-state index in [2.05, 4.69) is 6.07 Å². The van der Waals surface area contributed by atoms with Gasteiger partial charge in [-0.15, -0.1) is 0 Å². The predicted molar refractivity (Wildman–Crippen MR) is 97.3 cm³/mol. The van der Waals surface area contributed by atoms with E-state index in [4.69, 9.17) is 0 Å². The first-order valence-electron chi connectivity index (χ1n) is 8.29. The van der Waals surface area contributed by atoms with Gasteiger partial charge in [0.1, 0.15) is 23.4 Å². The molecule has 0 spiro atoms. The Morgan fingerprint density at radius 1 is 1.15 bits per heavy atom. The molecule has 0 fully saturated rings. The lowest BCUT2D eigenvalue weighted by Gasteiger charge is -2.07. The molecule has 0 atom stereocenters. The summed E-state index contributed by atoms with van der Waals surface area (Å²) in [6, 6.07) is 12.0. The molecule has 3 rings (SSSR count). The zero-order valence-electron chi connectivity index (χ0n) is 14.8. The number of nitrogens with zero attached hydrogens (tertiary/aromatic N) is 2. The molecule has 0 radical (unpaired) electrons. The topological polar surface area (TPSA) is 66.0 Å². The molecule has 0 amide bonds. The van der Waals surface area contributed by atoms with E-state index in [1.807, 2.05) is 6.92 Å². The summed E-state index contributed by atoms with van der Waals surface area (Å²) in [6.07, 6.45) is 0.512. The van der Waals surface area contributed by atoms with E-state index < -0.39 is 17.6 Å². The molecule has 0 bridgehead atoms. The number of nitriles is 1. The lowest BCUT2D eigenvalue weighted by molar-refractivity contribution is 0.0687. The van der Waals surface area contributed by atoms with Crippen LogP contribution in [0.1, 0.15) is 28.7 Å². The van der Waals surface area contributed by atoms with Crippen molar-refractivity contribution in [2.45, 2.75) is 13.3 Å². The van der Waals surface area contributed by atoms with Crippen molar-refractivity contribution in [1.82, 2.24) is 4.57 Å². The Labute approximate surface area is 154 Å². The minimum Gasteiger partial charge on any atom is -0.477 e. The van der Waals surface area contributed by atoms with E-state index in [1.54, 1.807) is 31.3 Å². The Hall–Kier alpha value is -3.46. The summed E-state index contributed by atoms with van der Waals surface area (Å²) < 4.78 is 28.6. The van der Waals surface area contributed by atoms with Crippen molar-refractivity contribution in [3.8, 4) is 28.3 Å². The fourth-order valence-corrected chi connectivity index (χ4v) is 3.34. The van der Waals surface area contributed by atoms with Crippen LogP contribution in [0, 0.1) is 23.0 Å². The van der Waals surface area contributed by atoms with E-state index in [9.17, 15) is 23.9 Å². The van der Waals surface area contributed by atoms with E-state index in [0.717, 1.165) is 6.07 Å². The number of carboxylic acids is 1. The van der Waals surface area contributed by atoms with E-state index in [-0.39, 0.29) is 11.3 Å². The van der Waals surface area contributed by atoms with Gasteiger partial charge in [-0.3, -0.25) is 0 Å². The minimum atomic E-state index is -1.13.